The number of benzene rings is 1. The molecule has 0 spiro atoms. The molecule has 1 fully saturated rings. The van der Waals surface area contributed by atoms with E-state index < -0.39 is 10.0 Å². The van der Waals surface area contributed by atoms with Gasteiger partial charge < -0.3 is 5.73 Å². The topological polar surface area (TPSA) is 63.4 Å². The van der Waals surface area contributed by atoms with Gasteiger partial charge in [-0.25, -0.2) is 8.42 Å². The Morgan fingerprint density at radius 2 is 2.12 bits per heavy atom. The normalized spacial score (nSPS) is 22.5. The number of sulfonamides is 1. The van der Waals surface area contributed by atoms with Crippen LogP contribution >= 0.6 is 0 Å². The molecule has 0 radical (unpaired) electrons. The minimum Gasteiger partial charge on any atom is -0.399 e. The van der Waals surface area contributed by atoms with Crippen LogP contribution in [0.25, 0.3) is 0 Å². The van der Waals surface area contributed by atoms with Crippen LogP contribution in [0.15, 0.2) is 29.2 Å². The zero-order chi connectivity index (χ0) is 12.5. The predicted octanol–water partition coefficient (Wildman–Crippen LogP) is 1.83. The first-order chi connectivity index (χ1) is 8.01. The zero-order valence-corrected chi connectivity index (χ0v) is 10.8. The van der Waals surface area contributed by atoms with Crippen molar-refractivity contribution in [2.45, 2.75) is 37.1 Å². The second-order valence-corrected chi connectivity index (χ2v) is 6.42. The van der Waals surface area contributed by atoms with Crippen molar-refractivity contribution < 1.29 is 8.42 Å². The third kappa shape index (κ3) is 2.45. The van der Waals surface area contributed by atoms with E-state index in [0.29, 0.717) is 17.1 Å². The van der Waals surface area contributed by atoms with Crippen molar-refractivity contribution in [1.82, 2.24) is 4.31 Å². The van der Waals surface area contributed by atoms with Crippen molar-refractivity contribution in [2.75, 3.05) is 12.3 Å². The highest BCUT2D eigenvalue weighted by molar-refractivity contribution is 7.89. The summed E-state index contributed by atoms with van der Waals surface area (Å²) in [7, 11) is -3.38. The molecule has 5 heteroatoms. The second-order valence-electron chi connectivity index (χ2n) is 4.53. The SMILES string of the molecule is CC1CCCCN1S(=O)(=O)c1cccc(N)c1. The molecule has 0 bridgehead atoms. The summed E-state index contributed by atoms with van der Waals surface area (Å²) in [5.74, 6) is 0. The first kappa shape index (κ1) is 12.4. The highest BCUT2D eigenvalue weighted by Gasteiger charge is 2.30. The maximum absolute atomic E-state index is 12.4. The molecule has 0 amide bonds. The second kappa shape index (κ2) is 4.66. The van der Waals surface area contributed by atoms with Gasteiger partial charge in [0, 0.05) is 18.3 Å². The molecule has 1 aliphatic rings. The van der Waals surface area contributed by atoms with Gasteiger partial charge in [-0.05, 0) is 38.0 Å². The lowest BCUT2D eigenvalue weighted by Gasteiger charge is -2.32. The van der Waals surface area contributed by atoms with Crippen LogP contribution in [0.3, 0.4) is 0 Å². The van der Waals surface area contributed by atoms with Crippen molar-refractivity contribution in [3.8, 4) is 0 Å². The van der Waals surface area contributed by atoms with Gasteiger partial charge in [0.1, 0.15) is 0 Å². The molecule has 1 unspecified atom stereocenters. The summed E-state index contributed by atoms with van der Waals surface area (Å²) in [6, 6.07) is 6.58. The molecule has 4 nitrogen and oxygen atoms in total. The minimum atomic E-state index is -3.38. The first-order valence-electron chi connectivity index (χ1n) is 5.89. The number of hydrogen-bond acceptors (Lipinski definition) is 3. The van der Waals surface area contributed by atoms with Crippen LogP contribution in [0, 0.1) is 0 Å². The fraction of sp³-hybridized carbons (Fsp3) is 0.500. The fourth-order valence-electron chi connectivity index (χ4n) is 2.24. The number of nitrogen functional groups attached to an aromatic ring is 1. The van der Waals surface area contributed by atoms with Crippen LogP contribution in [0.4, 0.5) is 5.69 Å². The molecule has 2 rings (SSSR count). The van der Waals surface area contributed by atoms with Crippen molar-refractivity contribution >= 4 is 15.7 Å². The molecule has 0 saturated carbocycles. The van der Waals surface area contributed by atoms with E-state index in [4.69, 9.17) is 5.73 Å². The number of nitrogens with two attached hydrogens (primary N) is 1. The molecule has 1 aliphatic heterocycles. The smallest absolute Gasteiger partial charge is 0.243 e. The Bertz CT molecular complexity index is 499. The molecule has 1 atom stereocenters. The van der Waals surface area contributed by atoms with Gasteiger partial charge in [-0.1, -0.05) is 12.5 Å². The van der Waals surface area contributed by atoms with Gasteiger partial charge in [-0.3, -0.25) is 0 Å². The first-order valence-corrected chi connectivity index (χ1v) is 7.33. The Hall–Kier alpha value is -1.07. The zero-order valence-electron chi connectivity index (χ0n) is 9.96. The van der Waals surface area contributed by atoms with Gasteiger partial charge in [-0.15, -0.1) is 0 Å². The highest BCUT2D eigenvalue weighted by atomic mass is 32.2. The van der Waals surface area contributed by atoms with E-state index in [-0.39, 0.29) is 6.04 Å². The van der Waals surface area contributed by atoms with Crippen LogP contribution in [-0.4, -0.2) is 25.3 Å². The van der Waals surface area contributed by atoms with E-state index in [9.17, 15) is 8.42 Å². The summed E-state index contributed by atoms with van der Waals surface area (Å²) in [5, 5.41) is 0. The lowest BCUT2D eigenvalue weighted by atomic mass is 10.1. The van der Waals surface area contributed by atoms with Crippen molar-refractivity contribution in [2.24, 2.45) is 0 Å². The molecular formula is C12H18N2O2S. The lowest BCUT2D eigenvalue weighted by Crippen LogP contribution is -2.41. The van der Waals surface area contributed by atoms with Gasteiger partial charge >= 0.3 is 0 Å². The maximum atomic E-state index is 12.4. The van der Waals surface area contributed by atoms with Gasteiger partial charge in [0.15, 0.2) is 0 Å². The average Bonchev–Trinajstić information content (AvgIpc) is 2.29. The van der Waals surface area contributed by atoms with Crippen molar-refractivity contribution in [3.05, 3.63) is 24.3 Å². The summed E-state index contributed by atoms with van der Waals surface area (Å²) in [6.45, 7) is 2.57. The summed E-state index contributed by atoms with van der Waals surface area (Å²) >= 11 is 0. The molecule has 0 aromatic heterocycles. The Kier molecular flexibility index (Phi) is 3.40. The number of piperidine rings is 1. The van der Waals surface area contributed by atoms with E-state index in [0.717, 1.165) is 19.3 Å². The van der Waals surface area contributed by atoms with Crippen LogP contribution in [0.2, 0.25) is 0 Å². The Labute approximate surface area is 102 Å². The molecule has 1 aromatic rings. The Balaban J connectivity index is 2.35. The lowest BCUT2D eigenvalue weighted by molar-refractivity contribution is 0.268. The van der Waals surface area contributed by atoms with Crippen molar-refractivity contribution in [3.63, 3.8) is 0 Å². The van der Waals surface area contributed by atoms with Crippen LogP contribution in [0.5, 0.6) is 0 Å². The minimum absolute atomic E-state index is 0.0789. The van der Waals surface area contributed by atoms with Crippen LogP contribution in [0.1, 0.15) is 26.2 Å². The molecule has 17 heavy (non-hydrogen) atoms. The predicted molar refractivity (Wildman–Crippen MR) is 68.1 cm³/mol. The molecule has 1 heterocycles. The molecule has 94 valence electrons. The van der Waals surface area contributed by atoms with Gasteiger partial charge in [0.05, 0.1) is 4.90 Å². The molecule has 2 N–H and O–H groups in total. The number of hydrogen-bond donors (Lipinski definition) is 1. The van der Waals surface area contributed by atoms with E-state index in [1.165, 1.54) is 6.07 Å². The Morgan fingerprint density at radius 1 is 1.35 bits per heavy atom. The van der Waals surface area contributed by atoms with Gasteiger partial charge in [0.2, 0.25) is 10.0 Å². The Morgan fingerprint density at radius 3 is 2.76 bits per heavy atom. The van der Waals surface area contributed by atoms with E-state index in [1.807, 2.05) is 6.92 Å². The summed E-state index contributed by atoms with van der Waals surface area (Å²) < 4.78 is 26.4. The fourth-order valence-corrected chi connectivity index (χ4v) is 3.99. The summed E-state index contributed by atoms with van der Waals surface area (Å²) in [4.78, 5) is 0.297. The molecular weight excluding hydrogens is 236 g/mol. The summed E-state index contributed by atoms with van der Waals surface area (Å²) in [5.41, 5.74) is 6.12. The van der Waals surface area contributed by atoms with Crippen LogP contribution in [-0.2, 0) is 10.0 Å². The summed E-state index contributed by atoms with van der Waals surface area (Å²) in [6.07, 6.45) is 2.97. The highest BCUT2D eigenvalue weighted by Crippen LogP contribution is 2.25. The maximum Gasteiger partial charge on any atom is 0.243 e. The number of anilines is 1. The van der Waals surface area contributed by atoms with E-state index in [1.54, 1.807) is 22.5 Å². The van der Waals surface area contributed by atoms with Crippen molar-refractivity contribution in [1.29, 1.82) is 0 Å². The molecule has 0 aliphatic carbocycles. The third-order valence-corrected chi connectivity index (χ3v) is 5.22. The largest absolute Gasteiger partial charge is 0.399 e. The molecule has 1 aromatic carbocycles. The van der Waals surface area contributed by atoms with E-state index in [2.05, 4.69) is 0 Å². The van der Waals surface area contributed by atoms with Crippen LogP contribution < -0.4 is 5.73 Å². The average molecular weight is 254 g/mol. The number of rotatable bonds is 2. The third-order valence-electron chi connectivity index (χ3n) is 3.21. The molecule has 1 saturated heterocycles. The van der Waals surface area contributed by atoms with E-state index >= 15 is 0 Å². The number of nitrogens with zero attached hydrogens (tertiary/aromatic N) is 1. The standard InChI is InChI=1S/C12H18N2O2S/c1-10-5-2-3-8-14(10)17(15,16)12-7-4-6-11(13)9-12/h4,6-7,9-10H,2-3,5,8,13H2,1H3. The quantitative estimate of drug-likeness (QED) is 0.819. The van der Waals surface area contributed by atoms with Gasteiger partial charge in [0.25, 0.3) is 0 Å². The monoisotopic (exact) mass is 254 g/mol. The van der Waals surface area contributed by atoms with Gasteiger partial charge in [-0.2, -0.15) is 4.31 Å².